The van der Waals surface area contributed by atoms with Gasteiger partial charge in [-0.1, -0.05) is 12.1 Å². The van der Waals surface area contributed by atoms with Crippen LogP contribution >= 0.6 is 15.9 Å². The SMILES string of the molecule is Cn1nc(-c2ccccc2F)c(Br)c1C1CCCN1. The Bertz CT molecular complexity index is 603. The number of hydrogen-bond acceptors (Lipinski definition) is 2. The first-order valence-electron chi connectivity index (χ1n) is 6.39. The first-order valence-corrected chi connectivity index (χ1v) is 7.18. The number of rotatable bonds is 2. The molecule has 0 aliphatic carbocycles. The third kappa shape index (κ3) is 2.21. The third-order valence-electron chi connectivity index (χ3n) is 3.55. The normalized spacial score (nSPS) is 19.0. The molecule has 5 heteroatoms. The molecule has 0 amide bonds. The first kappa shape index (κ1) is 12.8. The molecule has 1 unspecified atom stereocenters. The fraction of sp³-hybridized carbons (Fsp3) is 0.357. The summed E-state index contributed by atoms with van der Waals surface area (Å²) in [6.45, 7) is 1.03. The van der Waals surface area contributed by atoms with Gasteiger partial charge in [0, 0.05) is 12.6 Å². The van der Waals surface area contributed by atoms with E-state index in [-0.39, 0.29) is 5.82 Å². The molecule has 3 nitrogen and oxygen atoms in total. The van der Waals surface area contributed by atoms with Crippen molar-refractivity contribution >= 4 is 15.9 Å². The minimum atomic E-state index is -0.243. The van der Waals surface area contributed by atoms with Gasteiger partial charge in [-0.2, -0.15) is 5.10 Å². The molecule has 1 atom stereocenters. The molecule has 0 spiro atoms. The van der Waals surface area contributed by atoms with Gasteiger partial charge in [0.25, 0.3) is 0 Å². The summed E-state index contributed by atoms with van der Waals surface area (Å²) in [6, 6.07) is 7.03. The maximum atomic E-state index is 13.9. The topological polar surface area (TPSA) is 29.9 Å². The summed E-state index contributed by atoms with van der Waals surface area (Å²) in [7, 11) is 1.91. The molecule has 1 aliphatic rings. The van der Waals surface area contributed by atoms with Gasteiger partial charge in [0.05, 0.1) is 16.2 Å². The van der Waals surface area contributed by atoms with Crippen LogP contribution in [0, 0.1) is 5.82 Å². The minimum Gasteiger partial charge on any atom is -0.309 e. The van der Waals surface area contributed by atoms with Crippen molar-refractivity contribution in [3.05, 3.63) is 40.2 Å². The Labute approximate surface area is 119 Å². The average Bonchev–Trinajstić information content (AvgIpc) is 2.99. The van der Waals surface area contributed by atoms with Crippen LogP contribution in [0.5, 0.6) is 0 Å². The summed E-state index contributed by atoms with van der Waals surface area (Å²) in [5, 5.41) is 7.92. The zero-order valence-corrected chi connectivity index (χ0v) is 12.2. The predicted octanol–water partition coefficient (Wildman–Crippen LogP) is 3.41. The Morgan fingerprint density at radius 2 is 2.21 bits per heavy atom. The standard InChI is InChI=1S/C14H15BrFN3/c1-19-14(11-7-4-8-17-11)12(15)13(18-19)9-5-2-3-6-10(9)16/h2-3,5-6,11,17H,4,7-8H2,1H3. The van der Waals surface area contributed by atoms with E-state index in [1.807, 2.05) is 17.8 Å². The lowest BCUT2D eigenvalue weighted by Gasteiger charge is -2.11. The van der Waals surface area contributed by atoms with Gasteiger partial charge < -0.3 is 5.32 Å². The van der Waals surface area contributed by atoms with Crippen LogP contribution in [0.25, 0.3) is 11.3 Å². The van der Waals surface area contributed by atoms with Gasteiger partial charge in [0.15, 0.2) is 0 Å². The minimum absolute atomic E-state index is 0.243. The molecular formula is C14H15BrFN3. The van der Waals surface area contributed by atoms with Crippen LogP contribution in [0.3, 0.4) is 0 Å². The molecule has 2 aromatic rings. The summed E-state index contributed by atoms with van der Waals surface area (Å²) >= 11 is 3.59. The summed E-state index contributed by atoms with van der Waals surface area (Å²) in [4.78, 5) is 0. The van der Waals surface area contributed by atoms with Gasteiger partial charge in [-0.05, 0) is 47.4 Å². The second-order valence-electron chi connectivity index (χ2n) is 4.80. The van der Waals surface area contributed by atoms with Crippen LogP contribution in [-0.2, 0) is 7.05 Å². The molecule has 1 saturated heterocycles. The molecule has 1 fully saturated rings. The smallest absolute Gasteiger partial charge is 0.132 e. The first-order chi connectivity index (χ1) is 9.18. The predicted molar refractivity (Wildman–Crippen MR) is 76.3 cm³/mol. The lowest BCUT2D eigenvalue weighted by molar-refractivity contribution is 0.572. The molecule has 1 aromatic carbocycles. The molecule has 0 bridgehead atoms. The molecule has 0 radical (unpaired) electrons. The van der Waals surface area contributed by atoms with E-state index in [1.165, 1.54) is 6.07 Å². The zero-order chi connectivity index (χ0) is 13.4. The van der Waals surface area contributed by atoms with Crippen molar-refractivity contribution in [2.45, 2.75) is 18.9 Å². The molecule has 3 rings (SSSR count). The van der Waals surface area contributed by atoms with Crippen molar-refractivity contribution in [3.8, 4) is 11.3 Å². The number of nitrogens with one attached hydrogen (secondary N) is 1. The van der Waals surface area contributed by atoms with Crippen LogP contribution in [0.2, 0.25) is 0 Å². The van der Waals surface area contributed by atoms with Gasteiger partial charge >= 0.3 is 0 Å². The van der Waals surface area contributed by atoms with E-state index >= 15 is 0 Å². The highest BCUT2D eigenvalue weighted by molar-refractivity contribution is 9.10. The Balaban J connectivity index is 2.09. The van der Waals surface area contributed by atoms with Gasteiger partial charge in [-0.3, -0.25) is 4.68 Å². The number of aryl methyl sites for hydroxylation is 1. The second kappa shape index (κ2) is 5.06. The summed E-state index contributed by atoms with van der Waals surface area (Å²) in [5.41, 5.74) is 2.30. The van der Waals surface area contributed by atoms with Crippen LogP contribution in [0.4, 0.5) is 4.39 Å². The summed E-state index contributed by atoms with van der Waals surface area (Å²) in [6.07, 6.45) is 2.26. The zero-order valence-electron chi connectivity index (χ0n) is 10.7. The summed E-state index contributed by atoms with van der Waals surface area (Å²) < 4.78 is 16.6. The van der Waals surface area contributed by atoms with E-state index in [2.05, 4.69) is 26.3 Å². The lowest BCUT2D eigenvalue weighted by Crippen LogP contribution is -2.16. The largest absolute Gasteiger partial charge is 0.309 e. The van der Waals surface area contributed by atoms with E-state index in [4.69, 9.17) is 0 Å². The third-order valence-corrected chi connectivity index (χ3v) is 4.33. The van der Waals surface area contributed by atoms with E-state index < -0.39 is 0 Å². The van der Waals surface area contributed by atoms with Crippen molar-refractivity contribution in [1.82, 2.24) is 15.1 Å². The molecule has 1 N–H and O–H groups in total. The molecule has 0 saturated carbocycles. The molecule has 19 heavy (non-hydrogen) atoms. The van der Waals surface area contributed by atoms with Gasteiger partial charge in [0.2, 0.25) is 0 Å². The van der Waals surface area contributed by atoms with Crippen LogP contribution in [0.1, 0.15) is 24.6 Å². The number of halogens is 2. The van der Waals surface area contributed by atoms with E-state index in [1.54, 1.807) is 12.1 Å². The molecule has 100 valence electrons. The number of aromatic nitrogens is 2. The van der Waals surface area contributed by atoms with Gasteiger partial charge in [-0.15, -0.1) is 0 Å². The van der Waals surface area contributed by atoms with Crippen molar-refractivity contribution in [2.75, 3.05) is 6.54 Å². The van der Waals surface area contributed by atoms with Crippen LogP contribution in [-0.4, -0.2) is 16.3 Å². The second-order valence-corrected chi connectivity index (χ2v) is 5.59. The fourth-order valence-electron chi connectivity index (χ4n) is 2.63. The summed E-state index contributed by atoms with van der Waals surface area (Å²) in [5.74, 6) is -0.243. The lowest BCUT2D eigenvalue weighted by atomic mass is 10.1. The van der Waals surface area contributed by atoms with Crippen LogP contribution in [0.15, 0.2) is 28.7 Å². The van der Waals surface area contributed by atoms with E-state index in [0.29, 0.717) is 17.3 Å². The number of hydrogen-bond donors (Lipinski definition) is 1. The number of benzene rings is 1. The van der Waals surface area contributed by atoms with Gasteiger partial charge in [-0.25, -0.2) is 4.39 Å². The Morgan fingerprint density at radius 1 is 1.42 bits per heavy atom. The van der Waals surface area contributed by atoms with Crippen molar-refractivity contribution in [3.63, 3.8) is 0 Å². The highest BCUT2D eigenvalue weighted by atomic mass is 79.9. The highest BCUT2D eigenvalue weighted by Crippen LogP contribution is 2.36. The molecule has 1 aromatic heterocycles. The van der Waals surface area contributed by atoms with Crippen molar-refractivity contribution in [1.29, 1.82) is 0 Å². The van der Waals surface area contributed by atoms with E-state index in [9.17, 15) is 4.39 Å². The highest BCUT2D eigenvalue weighted by Gasteiger charge is 2.26. The van der Waals surface area contributed by atoms with Crippen LogP contribution < -0.4 is 5.32 Å². The van der Waals surface area contributed by atoms with Crippen molar-refractivity contribution < 1.29 is 4.39 Å². The molecule has 2 heterocycles. The molecule has 1 aliphatic heterocycles. The van der Waals surface area contributed by atoms with Gasteiger partial charge in [0.1, 0.15) is 11.5 Å². The monoisotopic (exact) mass is 323 g/mol. The maximum Gasteiger partial charge on any atom is 0.132 e. The van der Waals surface area contributed by atoms with E-state index in [0.717, 1.165) is 29.6 Å². The fourth-order valence-corrected chi connectivity index (χ4v) is 3.46. The maximum absolute atomic E-state index is 13.9. The van der Waals surface area contributed by atoms with Crippen molar-refractivity contribution in [2.24, 2.45) is 7.05 Å². The number of nitrogens with zero attached hydrogens (tertiary/aromatic N) is 2. The molecular weight excluding hydrogens is 309 g/mol. The Morgan fingerprint density at radius 3 is 2.89 bits per heavy atom. The Kier molecular flexibility index (Phi) is 3.41. The Hall–Kier alpha value is -1.20. The quantitative estimate of drug-likeness (QED) is 0.917. The average molecular weight is 324 g/mol.